The fraction of sp³-hybridized carbons (Fsp3) is 0.455. The van der Waals surface area contributed by atoms with Gasteiger partial charge in [0.15, 0.2) is 0 Å². The van der Waals surface area contributed by atoms with Crippen LogP contribution in [-0.2, 0) is 13.2 Å². The molecule has 0 bridgehead atoms. The van der Waals surface area contributed by atoms with Crippen LogP contribution in [0.5, 0.6) is 5.75 Å². The van der Waals surface area contributed by atoms with Crippen LogP contribution < -0.4 is 10.1 Å². The third-order valence-electron chi connectivity index (χ3n) is 4.98. The van der Waals surface area contributed by atoms with Crippen LogP contribution in [0.15, 0.2) is 48.5 Å². The Bertz CT molecular complexity index is 633. The van der Waals surface area contributed by atoms with Gasteiger partial charge in [0.25, 0.3) is 0 Å². The summed E-state index contributed by atoms with van der Waals surface area (Å²) in [5.74, 6) is 0.884. The fourth-order valence-corrected chi connectivity index (χ4v) is 3.59. The topological polar surface area (TPSA) is 21.3 Å². The van der Waals surface area contributed by atoms with Gasteiger partial charge in [0.1, 0.15) is 12.4 Å². The highest BCUT2D eigenvalue weighted by Crippen LogP contribution is 2.20. The van der Waals surface area contributed by atoms with Crippen molar-refractivity contribution in [1.82, 2.24) is 5.32 Å². The number of benzene rings is 2. The first-order valence-electron chi connectivity index (χ1n) is 9.50. The quantitative estimate of drug-likeness (QED) is 0.672. The van der Waals surface area contributed by atoms with Crippen molar-refractivity contribution >= 4 is 11.6 Å². The van der Waals surface area contributed by atoms with E-state index < -0.39 is 0 Å². The first kappa shape index (κ1) is 18.3. The van der Waals surface area contributed by atoms with E-state index in [4.69, 9.17) is 16.3 Å². The lowest BCUT2D eigenvalue weighted by Gasteiger charge is -2.21. The van der Waals surface area contributed by atoms with E-state index in [1.807, 2.05) is 36.4 Å². The minimum atomic E-state index is 0.499. The molecule has 0 amide bonds. The molecule has 0 unspecified atom stereocenters. The molecule has 2 aromatic rings. The molecule has 0 heterocycles. The molecule has 0 atom stereocenters. The van der Waals surface area contributed by atoms with E-state index in [0.717, 1.165) is 22.9 Å². The molecule has 1 N–H and O–H groups in total. The van der Waals surface area contributed by atoms with Gasteiger partial charge in [-0.3, -0.25) is 0 Å². The van der Waals surface area contributed by atoms with Gasteiger partial charge in [-0.15, -0.1) is 0 Å². The van der Waals surface area contributed by atoms with Crippen molar-refractivity contribution in [2.75, 3.05) is 0 Å². The summed E-state index contributed by atoms with van der Waals surface area (Å²) in [4.78, 5) is 0. The normalized spacial score (nSPS) is 16.2. The molecule has 1 aliphatic carbocycles. The van der Waals surface area contributed by atoms with Gasteiger partial charge in [-0.2, -0.15) is 0 Å². The Hall–Kier alpha value is -1.51. The molecule has 134 valence electrons. The van der Waals surface area contributed by atoms with Gasteiger partial charge in [-0.05, 0) is 36.6 Å². The summed E-state index contributed by atoms with van der Waals surface area (Å²) < 4.78 is 5.85. The van der Waals surface area contributed by atoms with Crippen molar-refractivity contribution < 1.29 is 4.74 Å². The van der Waals surface area contributed by atoms with Crippen molar-refractivity contribution in [2.24, 2.45) is 0 Å². The van der Waals surface area contributed by atoms with Crippen molar-refractivity contribution in [1.29, 1.82) is 0 Å². The predicted octanol–water partition coefficient (Wildman–Crippen LogP) is 6.12. The zero-order chi connectivity index (χ0) is 17.3. The van der Waals surface area contributed by atoms with Crippen LogP contribution in [0.4, 0.5) is 0 Å². The number of hydrogen-bond acceptors (Lipinski definition) is 2. The molecule has 1 aliphatic rings. The van der Waals surface area contributed by atoms with Gasteiger partial charge in [-0.25, -0.2) is 0 Å². The number of halogens is 1. The monoisotopic (exact) mass is 357 g/mol. The van der Waals surface area contributed by atoms with Crippen molar-refractivity contribution in [3.63, 3.8) is 0 Å². The zero-order valence-corrected chi connectivity index (χ0v) is 15.6. The third-order valence-corrected chi connectivity index (χ3v) is 5.34. The summed E-state index contributed by atoms with van der Waals surface area (Å²) in [6.07, 6.45) is 9.59. The molecular weight excluding hydrogens is 330 g/mol. The average molecular weight is 358 g/mol. The first-order valence-corrected chi connectivity index (χ1v) is 9.87. The van der Waals surface area contributed by atoms with Gasteiger partial charge in [-0.1, -0.05) is 74.0 Å². The van der Waals surface area contributed by atoms with Gasteiger partial charge < -0.3 is 10.1 Å². The van der Waals surface area contributed by atoms with Crippen LogP contribution in [0.1, 0.15) is 56.1 Å². The Morgan fingerprint density at radius 1 is 0.880 bits per heavy atom. The maximum absolute atomic E-state index is 6.16. The molecule has 0 saturated heterocycles. The number of ether oxygens (including phenoxy) is 1. The number of hydrogen-bond donors (Lipinski definition) is 1. The zero-order valence-electron chi connectivity index (χ0n) is 14.8. The molecule has 0 spiro atoms. The molecule has 0 aliphatic heterocycles. The average Bonchev–Trinajstić information content (AvgIpc) is 2.61. The van der Waals surface area contributed by atoms with E-state index in [0.29, 0.717) is 12.6 Å². The minimum Gasteiger partial charge on any atom is -0.489 e. The van der Waals surface area contributed by atoms with E-state index in [1.165, 1.54) is 50.5 Å². The highest BCUT2D eigenvalue weighted by Gasteiger charge is 2.10. The van der Waals surface area contributed by atoms with E-state index in [9.17, 15) is 0 Å². The second-order valence-electron chi connectivity index (χ2n) is 6.95. The van der Waals surface area contributed by atoms with Crippen molar-refractivity contribution in [3.05, 3.63) is 64.7 Å². The van der Waals surface area contributed by atoms with Gasteiger partial charge in [0, 0.05) is 23.2 Å². The SMILES string of the molecule is Clc1ccccc1COc1ccc(CNC2CCCCCCC2)cc1. The summed E-state index contributed by atoms with van der Waals surface area (Å²) >= 11 is 6.16. The lowest BCUT2D eigenvalue weighted by atomic mass is 9.96. The molecule has 1 saturated carbocycles. The summed E-state index contributed by atoms with van der Waals surface area (Å²) in [7, 11) is 0. The van der Waals surface area contributed by atoms with Gasteiger partial charge >= 0.3 is 0 Å². The Morgan fingerprint density at radius 2 is 1.56 bits per heavy atom. The van der Waals surface area contributed by atoms with Crippen LogP contribution in [0.25, 0.3) is 0 Å². The van der Waals surface area contributed by atoms with E-state index in [1.54, 1.807) is 0 Å². The molecule has 3 rings (SSSR count). The van der Waals surface area contributed by atoms with Crippen LogP contribution in [0.3, 0.4) is 0 Å². The standard InChI is InChI=1S/C22H28ClNO/c23-22-11-7-6-8-19(22)17-25-21-14-12-18(13-15-21)16-24-20-9-4-2-1-3-5-10-20/h6-8,11-15,20,24H,1-5,9-10,16-17H2. The lowest BCUT2D eigenvalue weighted by molar-refractivity contribution is 0.306. The minimum absolute atomic E-state index is 0.499. The lowest BCUT2D eigenvalue weighted by Crippen LogP contribution is -2.29. The molecule has 1 fully saturated rings. The second kappa shape index (κ2) is 9.84. The highest BCUT2D eigenvalue weighted by molar-refractivity contribution is 6.31. The number of rotatable bonds is 6. The molecule has 2 nitrogen and oxygen atoms in total. The second-order valence-corrected chi connectivity index (χ2v) is 7.35. The molecule has 0 aromatic heterocycles. The Balaban J connectivity index is 1.46. The summed E-state index contributed by atoms with van der Waals surface area (Å²) in [5, 5.41) is 4.48. The molecule has 2 aromatic carbocycles. The first-order chi connectivity index (χ1) is 12.3. The van der Waals surface area contributed by atoms with E-state index in [2.05, 4.69) is 17.4 Å². The molecule has 0 radical (unpaired) electrons. The highest BCUT2D eigenvalue weighted by atomic mass is 35.5. The predicted molar refractivity (Wildman–Crippen MR) is 105 cm³/mol. The van der Waals surface area contributed by atoms with Crippen LogP contribution >= 0.6 is 11.6 Å². The van der Waals surface area contributed by atoms with Crippen LogP contribution in [0.2, 0.25) is 5.02 Å². The largest absolute Gasteiger partial charge is 0.489 e. The van der Waals surface area contributed by atoms with Gasteiger partial charge in [0.05, 0.1) is 0 Å². The smallest absolute Gasteiger partial charge is 0.119 e. The fourth-order valence-electron chi connectivity index (χ4n) is 3.40. The van der Waals surface area contributed by atoms with Crippen molar-refractivity contribution in [3.8, 4) is 5.75 Å². The van der Waals surface area contributed by atoms with Crippen LogP contribution in [-0.4, -0.2) is 6.04 Å². The summed E-state index contributed by atoms with van der Waals surface area (Å²) in [6.45, 7) is 1.44. The maximum Gasteiger partial charge on any atom is 0.119 e. The summed E-state index contributed by atoms with van der Waals surface area (Å²) in [5.41, 5.74) is 2.33. The molecular formula is C22H28ClNO. The molecule has 25 heavy (non-hydrogen) atoms. The third kappa shape index (κ3) is 6.05. The van der Waals surface area contributed by atoms with Crippen molar-refractivity contribution in [2.45, 2.75) is 64.1 Å². The maximum atomic E-state index is 6.16. The number of nitrogens with one attached hydrogen (secondary N) is 1. The van der Waals surface area contributed by atoms with Crippen LogP contribution in [0, 0.1) is 0 Å². The Kier molecular flexibility index (Phi) is 7.20. The molecule has 3 heteroatoms. The summed E-state index contributed by atoms with van der Waals surface area (Å²) in [6, 6.07) is 16.9. The Labute approximate surface area is 156 Å². The Morgan fingerprint density at radius 3 is 2.28 bits per heavy atom. The van der Waals surface area contributed by atoms with Gasteiger partial charge in [0.2, 0.25) is 0 Å². The van der Waals surface area contributed by atoms with E-state index >= 15 is 0 Å². The van der Waals surface area contributed by atoms with E-state index in [-0.39, 0.29) is 0 Å².